The van der Waals surface area contributed by atoms with E-state index in [1.807, 2.05) is 0 Å². The van der Waals surface area contributed by atoms with Crippen LogP contribution in [0.25, 0.3) is 0 Å². The second-order valence-corrected chi connectivity index (χ2v) is 12.1. The number of amides is 3. The van der Waals surface area contributed by atoms with Crippen LogP contribution in [0.1, 0.15) is 31.1 Å². The molecule has 0 unspecified atom stereocenters. The predicted molar refractivity (Wildman–Crippen MR) is 167 cm³/mol. The van der Waals surface area contributed by atoms with Crippen LogP contribution < -0.4 is 24.4 Å². The van der Waals surface area contributed by atoms with Crippen LogP contribution in [0.2, 0.25) is 0 Å². The second-order valence-electron chi connectivity index (χ2n) is 8.28. The van der Waals surface area contributed by atoms with Gasteiger partial charge in [-0.3, -0.25) is 0 Å². The van der Waals surface area contributed by atoms with Gasteiger partial charge in [-0.15, -0.1) is 0 Å². The van der Waals surface area contributed by atoms with Crippen LogP contribution in [-0.2, 0) is 0 Å². The van der Waals surface area contributed by atoms with Crippen LogP contribution in [0, 0.1) is 0 Å². The Kier molecular flexibility index (Phi) is 13.2. The van der Waals surface area contributed by atoms with Gasteiger partial charge in [0.2, 0.25) is 0 Å². The van der Waals surface area contributed by atoms with Gasteiger partial charge in [-0.05, 0) is 0 Å². The molecule has 3 aromatic carbocycles. The normalized spacial score (nSPS) is 10.8. The molecule has 0 radical (unpaired) electrons. The molecule has 3 aromatic rings. The summed E-state index contributed by atoms with van der Waals surface area (Å²) in [6.07, 6.45) is 14.0. The molecule has 218 valence electrons. The van der Waals surface area contributed by atoms with E-state index >= 15 is 0 Å². The van der Waals surface area contributed by atoms with Gasteiger partial charge in [-0.1, -0.05) is 0 Å². The molecule has 0 atom stereocenters. The summed E-state index contributed by atoms with van der Waals surface area (Å²) in [5.74, 6) is 0.488. The number of carbonyl (C=O) groups excluding carboxylic acids is 3. The van der Waals surface area contributed by atoms with Gasteiger partial charge in [0.15, 0.2) is 0 Å². The van der Waals surface area contributed by atoms with Gasteiger partial charge in [0, 0.05) is 0 Å². The first-order valence-corrected chi connectivity index (χ1v) is 17.1. The molecule has 3 rings (SSSR count). The molecule has 0 saturated heterocycles. The van der Waals surface area contributed by atoms with Crippen molar-refractivity contribution in [3.63, 3.8) is 0 Å². The summed E-state index contributed by atoms with van der Waals surface area (Å²) in [5, 5.41) is 7.91. The van der Waals surface area contributed by atoms with Gasteiger partial charge >= 0.3 is 261 Å². The fourth-order valence-electron chi connectivity index (χ4n) is 3.14. The molecule has 0 bridgehead atoms. The van der Waals surface area contributed by atoms with E-state index in [9.17, 15) is 14.4 Å². The van der Waals surface area contributed by atoms with E-state index in [0.29, 0.717) is 33.9 Å². The second kappa shape index (κ2) is 17.6. The van der Waals surface area contributed by atoms with E-state index in [-0.39, 0.29) is 17.7 Å². The molecule has 0 aliphatic carbocycles. The van der Waals surface area contributed by atoms with Crippen LogP contribution in [0.5, 0.6) is 17.2 Å². The summed E-state index contributed by atoms with van der Waals surface area (Å²) in [4.78, 5) is 36.9. The minimum absolute atomic E-state index is 0.287. The van der Waals surface area contributed by atoms with Crippen LogP contribution in [0.15, 0.2) is 148 Å². The molecule has 9 nitrogen and oxygen atoms in total. The van der Waals surface area contributed by atoms with Crippen LogP contribution in [0.4, 0.5) is 0 Å². The van der Waals surface area contributed by atoms with Gasteiger partial charge in [-0.2, -0.15) is 0 Å². The number of benzene rings is 3. The van der Waals surface area contributed by atoms with Gasteiger partial charge in [0.25, 0.3) is 0 Å². The van der Waals surface area contributed by atoms with E-state index in [4.69, 9.17) is 8.44 Å². The molecule has 3 N–H and O–H groups in total. The summed E-state index contributed by atoms with van der Waals surface area (Å²) in [6, 6.07) is 19.6. The van der Waals surface area contributed by atoms with E-state index in [1.54, 1.807) is 109 Å². The number of hydrogen-bond acceptors (Lipinski definition) is 6. The molecule has 43 heavy (non-hydrogen) atoms. The number of nitrogens with one attached hydrogen (secondary N) is 3. The third-order valence-corrected chi connectivity index (χ3v) is 9.43. The summed E-state index contributed by atoms with van der Waals surface area (Å²) in [5.41, 5.74) is 1.30. The van der Waals surface area contributed by atoms with Gasteiger partial charge in [0.05, 0.1) is 0 Å². The first-order valence-electron chi connectivity index (χ1n) is 12.8. The monoisotopic (exact) mass is 773 g/mol. The van der Waals surface area contributed by atoms with Crippen molar-refractivity contribution in [1.29, 1.82) is 0 Å². The third-order valence-electron chi connectivity index (χ3n) is 5.23. The van der Waals surface area contributed by atoms with E-state index < -0.39 is 23.1 Å². The van der Waals surface area contributed by atoms with Crippen molar-refractivity contribution >= 4 is 40.8 Å². The summed E-state index contributed by atoms with van der Waals surface area (Å²) < 4.78 is 18.4. The Labute approximate surface area is 260 Å². The molecular weight excluding hydrogens is 743 g/mol. The Morgan fingerprint density at radius 2 is 0.744 bits per heavy atom. The average Bonchev–Trinajstić information content (AvgIpc) is 3.02. The van der Waals surface area contributed by atoms with Crippen LogP contribution in [0.3, 0.4) is 0 Å². The fraction of sp³-hybridized carbons (Fsp3) is 0. The van der Waals surface area contributed by atoms with Crippen molar-refractivity contribution in [2.45, 2.75) is 0 Å². The molecule has 0 aliphatic rings. The Hall–Kier alpha value is -5.21. The minimum atomic E-state index is -3.76. The molecule has 0 aromatic heterocycles. The van der Waals surface area contributed by atoms with E-state index in [2.05, 4.69) is 35.7 Å². The molecule has 0 fully saturated rings. The van der Waals surface area contributed by atoms with E-state index in [0.717, 1.165) is 0 Å². The maximum absolute atomic E-state index is 12.3. The number of hydrogen-bond donors (Lipinski definition) is 3. The average molecular weight is 774 g/mol. The van der Waals surface area contributed by atoms with Crippen molar-refractivity contribution < 1.29 is 22.8 Å². The Bertz CT molecular complexity index is 1330. The molecule has 0 spiro atoms. The number of allylic oxidation sites excluding steroid dienone is 6. The zero-order chi connectivity index (χ0) is 30.9. The molecule has 10 heteroatoms. The number of carbonyl (C=O) groups is 3. The van der Waals surface area contributed by atoms with Crippen molar-refractivity contribution in [2.75, 3.05) is 0 Å². The quantitative estimate of drug-likeness (QED) is 0.139. The standard InChI is InChI=1S/3C11H11NO2.Bi/c3*1-2-3-8-12-11(14)9-4-6-10(13)7-5-9;/h3*2-8,13H,1H2,(H,12,14);/q;;;+3/p-3. The van der Waals surface area contributed by atoms with Crippen molar-refractivity contribution in [3.8, 4) is 17.2 Å². The van der Waals surface area contributed by atoms with E-state index in [1.165, 1.54) is 18.6 Å². The molecule has 0 saturated carbocycles. The molecule has 3 amide bonds. The molecule has 0 heterocycles. The van der Waals surface area contributed by atoms with Crippen molar-refractivity contribution in [3.05, 3.63) is 164 Å². The zero-order valence-corrected chi connectivity index (χ0v) is 26.6. The first kappa shape index (κ1) is 32.3. The zero-order valence-electron chi connectivity index (χ0n) is 23.1. The maximum atomic E-state index is 12.3. The van der Waals surface area contributed by atoms with Gasteiger partial charge in [0.1, 0.15) is 0 Å². The van der Waals surface area contributed by atoms with Crippen LogP contribution >= 0.6 is 0 Å². The summed E-state index contributed by atoms with van der Waals surface area (Å²) in [7, 11) is 0. The topological polar surface area (TPSA) is 115 Å². The SMILES string of the molecule is C=CC=CNC(=O)c1ccc([O][Bi]([O]c2ccc(C(=O)NC=CC=C)cc2)[O]c2ccc(C(=O)NC=CC=C)cc2)cc1. The Morgan fingerprint density at radius 1 is 0.488 bits per heavy atom. The van der Waals surface area contributed by atoms with Crippen molar-refractivity contribution in [1.82, 2.24) is 16.0 Å². The molecular formula is C33H30BiN3O6. The van der Waals surface area contributed by atoms with Crippen LogP contribution in [-0.4, -0.2) is 40.8 Å². The summed E-state index contributed by atoms with van der Waals surface area (Å²) >= 11 is -3.76. The third kappa shape index (κ3) is 10.9. The Morgan fingerprint density at radius 3 is 0.977 bits per heavy atom. The summed E-state index contributed by atoms with van der Waals surface area (Å²) in [6.45, 7) is 10.7. The fourth-order valence-corrected chi connectivity index (χ4v) is 7.00. The predicted octanol–water partition coefficient (Wildman–Crippen LogP) is 5.50. The van der Waals surface area contributed by atoms with Gasteiger partial charge < -0.3 is 0 Å². The van der Waals surface area contributed by atoms with Crippen molar-refractivity contribution in [2.24, 2.45) is 0 Å². The first-order chi connectivity index (χ1) is 20.9. The van der Waals surface area contributed by atoms with Gasteiger partial charge in [-0.25, -0.2) is 0 Å². The number of rotatable bonds is 15. The Balaban J connectivity index is 1.76. The molecule has 0 aliphatic heterocycles.